The summed E-state index contributed by atoms with van der Waals surface area (Å²) < 4.78 is 24.2. The Hall–Kier alpha value is -5.32. The summed E-state index contributed by atoms with van der Waals surface area (Å²) in [6.45, 7) is 3.27. The van der Waals surface area contributed by atoms with Crippen LogP contribution in [0.1, 0.15) is 46.7 Å². The third-order valence-corrected chi connectivity index (χ3v) is 8.94. The SMILES string of the molecule is CCCc1cccc(COc2cccc(-c3ccc(CCOC(c4ccccc4)(c4ccc(OC)cc4)c4ccc(OC)cc4)cc3)c2)c1. The van der Waals surface area contributed by atoms with E-state index in [0.717, 1.165) is 64.3 Å². The van der Waals surface area contributed by atoms with Crippen LogP contribution in [-0.2, 0) is 29.8 Å². The van der Waals surface area contributed by atoms with E-state index < -0.39 is 5.60 Å². The van der Waals surface area contributed by atoms with Crippen molar-refractivity contribution in [3.05, 3.63) is 185 Å². The molecule has 0 amide bonds. The molecule has 6 aromatic carbocycles. The van der Waals surface area contributed by atoms with Crippen LogP contribution in [0.4, 0.5) is 0 Å². The standard InChI is InChI=1S/C45H44O4/c1-4-10-35-11-8-12-36(31-35)33-48-44-16-9-13-38(32-44)37-19-17-34(18-20-37)29-30-49-45(39-14-6-5-7-15-39,40-21-25-42(46-2)26-22-40)41-23-27-43(47-3)28-24-41/h5-9,11-28,31-32H,4,10,29-30,33H2,1-3H3. The first-order chi connectivity index (χ1) is 24.1. The Balaban J connectivity index is 1.19. The van der Waals surface area contributed by atoms with Crippen molar-refractivity contribution in [2.45, 2.75) is 38.4 Å². The number of methoxy groups -OCH3 is 2. The molecule has 4 nitrogen and oxygen atoms in total. The van der Waals surface area contributed by atoms with Crippen LogP contribution in [0.15, 0.2) is 152 Å². The Labute approximate surface area is 290 Å². The van der Waals surface area contributed by atoms with Crippen LogP contribution in [0.3, 0.4) is 0 Å². The molecule has 49 heavy (non-hydrogen) atoms. The van der Waals surface area contributed by atoms with E-state index in [0.29, 0.717) is 13.2 Å². The Morgan fingerprint density at radius 3 is 1.71 bits per heavy atom. The summed E-state index contributed by atoms with van der Waals surface area (Å²) in [5, 5.41) is 0. The van der Waals surface area contributed by atoms with E-state index in [1.54, 1.807) is 14.2 Å². The minimum absolute atomic E-state index is 0.509. The highest BCUT2D eigenvalue weighted by Gasteiger charge is 2.37. The largest absolute Gasteiger partial charge is 0.497 e. The number of benzene rings is 6. The highest BCUT2D eigenvalue weighted by Crippen LogP contribution is 2.42. The van der Waals surface area contributed by atoms with Crippen molar-refractivity contribution in [1.29, 1.82) is 0 Å². The van der Waals surface area contributed by atoms with Gasteiger partial charge in [0.05, 0.1) is 20.8 Å². The third-order valence-electron chi connectivity index (χ3n) is 8.94. The molecule has 248 valence electrons. The molecule has 0 atom stereocenters. The summed E-state index contributed by atoms with van der Waals surface area (Å²) >= 11 is 0. The predicted molar refractivity (Wildman–Crippen MR) is 199 cm³/mol. The number of hydrogen-bond donors (Lipinski definition) is 0. The van der Waals surface area contributed by atoms with Gasteiger partial charge in [0.2, 0.25) is 0 Å². The van der Waals surface area contributed by atoms with Crippen molar-refractivity contribution in [3.63, 3.8) is 0 Å². The fraction of sp³-hybridized carbons (Fsp3) is 0.200. The Kier molecular flexibility index (Phi) is 11.1. The van der Waals surface area contributed by atoms with Gasteiger partial charge >= 0.3 is 0 Å². The summed E-state index contributed by atoms with van der Waals surface area (Å²) in [4.78, 5) is 0. The van der Waals surface area contributed by atoms with Crippen molar-refractivity contribution >= 4 is 0 Å². The van der Waals surface area contributed by atoms with Crippen molar-refractivity contribution in [2.24, 2.45) is 0 Å². The lowest BCUT2D eigenvalue weighted by Crippen LogP contribution is -2.33. The normalized spacial score (nSPS) is 11.2. The molecule has 0 aliphatic heterocycles. The van der Waals surface area contributed by atoms with E-state index in [4.69, 9.17) is 18.9 Å². The first-order valence-electron chi connectivity index (χ1n) is 17.0. The van der Waals surface area contributed by atoms with Crippen LogP contribution in [0.2, 0.25) is 0 Å². The molecule has 0 N–H and O–H groups in total. The molecule has 0 unspecified atom stereocenters. The summed E-state index contributed by atoms with van der Waals surface area (Å²) in [7, 11) is 3.37. The van der Waals surface area contributed by atoms with E-state index in [1.807, 2.05) is 36.4 Å². The van der Waals surface area contributed by atoms with Gasteiger partial charge in [-0.05, 0) is 93.7 Å². The number of hydrogen-bond acceptors (Lipinski definition) is 4. The van der Waals surface area contributed by atoms with E-state index in [-0.39, 0.29) is 0 Å². The van der Waals surface area contributed by atoms with Gasteiger partial charge in [-0.3, -0.25) is 0 Å². The summed E-state index contributed by atoms with van der Waals surface area (Å²) in [5.74, 6) is 2.47. The zero-order chi connectivity index (χ0) is 33.9. The minimum atomic E-state index is -0.836. The summed E-state index contributed by atoms with van der Waals surface area (Å²) in [5.41, 5.74) is 8.29. The van der Waals surface area contributed by atoms with Gasteiger partial charge in [-0.1, -0.05) is 129 Å². The maximum Gasteiger partial charge on any atom is 0.143 e. The predicted octanol–water partition coefficient (Wildman–Crippen LogP) is 10.5. The molecular weight excluding hydrogens is 604 g/mol. The zero-order valence-corrected chi connectivity index (χ0v) is 28.6. The van der Waals surface area contributed by atoms with Crippen molar-refractivity contribution in [3.8, 4) is 28.4 Å². The molecule has 0 aliphatic carbocycles. The lowest BCUT2D eigenvalue weighted by atomic mass is 9.80. The minimum Gasteiger partial charge on any atom is -0.497 e. The molecule has 0 aliphatic rings. The fourth-order valence-electron chi connectivity index (χ4n) is 6.36. The van der Waals surface area contributed by atoms with Gasteiger partial charge in [0.15, 0.2) is 0 Å². The van der Waals surface area contributed by atoms with Crippen LogP contribution in [0.25, 0.3) is 11.1 Å². The van der Waals surface area contributed by atoms with E-state index in [2.05, 4.69) is 122 Å². The van der Waals surface area contributed by atoms with E-state index >= 15 is 0 Å². The second-order valence-electron chi connectivity index (χ2n) is 12.2. The highest BCUT2D eigenvalue weighted by atomic mass is 16.5. The van der Waals surface area contributed by atoms with Gasteiger partial charge in [-0.2, -0.15) is 0 Å². The van der Waals surface area contributed by atoms with Gasteiger partial charge in [0, 0.05) is 0 Å². The highest BCUT2D eigenvalue weighted by molar-refractivity contribution is 5.65. The fourth-order valence-corrected chi connectivity index (χ4v) is 6.36. The van der Waals surface area contributed by atoms with Gasteiger partial charge in [0.1, 0.15) is 29.5 Å². The molecular formula is C45H44O4. The van der Waals surface area contributed by atoms with Crippen molar-refractivity contribution < 1.29 is 18.9 Å². The molecule has 0 radical (unpaired) electrons. The molecule has 0 saturated carbocycles. The monoisotopic (exact) mass is 648 g/mol. The van der Waals surface area contributed by atoms with Crippen molar-refractivity contribution in [1.82, 2.24) is 0 Å². The van der Waals surface area contributed by atoms with Gasteiger partial charge in [-0.15, -0.1) is 0 Å². The quantitative estimate of drug-likeness (QED) is 0.104. The third kappa shape index (κ3) is 8.05. The molecule has 6 rings (SSSR count). The van der Waals surface area contributed by atoms with E-state index in [9.17, 15) is 0 Å². The second-order valence-corrected chi connectivity index (χ2v) is 12.2. The Morgan fingerprint density at radius 2 is 1.08 bits per heavy atom. The second kappa shape index (κ2) is 16.2. The summed E-state index contributed by atoms with van der Waals surface area (Å²) in [6, 6.07) is 52.5. The molecule has 0 aromatic heterocycles. The average Bonchev–Trinajstić information content (AvgIpc) is 3.17. The van der Waals surface area contributed by atoms with Crippen molar-refractivity contribution in [2.75, 3.05) is 20.8 Å². The van der Waals surface area contributed by atoms with Crippen LogP contribution in [0.5, 0.6) is 17.2 Å². The molecule has 0 spiro atoms. The van der Waals surface area contributed by atoms with E-state index in [1.165, 1.54) is 16.7 Å². The van der Waals surface area contributed by atoms with Crippen LogP contribution in [0, 0.1) is 0 Å². The molecule has 4 heteroatoms. The van der Waals surface area contributed by atoms with Crippen LogP contribution in [-0.4, -0.2) is 20.8 Å². The Bertz CT molecular complexity index is 1850. The van der Waals surface area contributed by atoms with Gasteiger partial charge in [-0.25, -0.2) is 0 Å². The summed E-state index contributed by atoms with van der Waals surface area (Å²) in [6.07, 6.45) is 2.98. The van der Waals surface area contributed by atoms with Gasteiger partial charge in [0.25, 0.3) is 0 Å². The molecule has 0 fully saturated rings. The maximum atomic E-state index is 7.06. The molecule has 0 bridgehead atoms. The smallest absolute Gasteiger partial charge is 0.143 e. The lowest BCUT2D eigenvalue weighted by molar-refractivity contribution is 0.0147. The number of rotatable bonds is 15. The first-order valence-corrected chi connectivity index (χ1v) is 17.0. The first kappa shape index (κ1) is 33.6. The Morgan fingerprint density at radius 1 is 0.469 bits per heavy atom. The van der Waals surface area contributed by atoms with Gasteiger partial charge < -0.3 is 18.9 Å². The van der Waals surface area contributed by atoms with Crippen LogP contribution < -0.4 is 14.2 Å². The van der Waals surface area contributed by atoms with Crippen LogP contribution >= 0.6 is 0 Å². The zero-order valence-electron chi connectivity index (χ0n) is 28.6. The molecule has 6 aromatic rings. The number of aryl methyl sites for hydroxylation is 1. The maximum absolute atomic E-state index is 7.06. The topological polar surface area (TPSA) is 36.9 Å². The average molecular weight is 649 g/mol. The molecule has 0 heterocycles. The number of ether oxygens (including phenoxy) is 4. The molecule has 0 saturated heterocycles. The lowest BCUT2D eigenvalue weighted by Gasteiger charge is -2.36.